The lowest BCUT2D eigenvalue weighted by molar-refractivity contribution is 0.00781. The minimum atomic E-state index is -0.510. The number of H-pyrrole nitrogens is 1. The zero-order valence-corrected chi connectivity index (χ0v) is 13.8. The Labute approximate surface area is 139 Å². The average Bonchev–Trinajstić information content (AvgIpc) is 3.02. The molecule has 0 amide bonds. The summed E-state index contributed by atoms with van der Waals surface area (Å²) in [7, 11) is 0. The number of hydrogen-bond acceptors (Lipinski definition) is 7. The summed E-state index contributed by atoms with van der Waals surface area (Å²) >= 11 is 3.10. The lowest BCUT2D eigenvalue weighted by Crippen LogP contribution is -2.57. The van der Waals surface area contributed by atoms with Gasteiger partial charge >= 0.3 is 5.69 Å². The largest absolute Gasteiger partial charge is 0.337 e. The first-order valence-corrected chi connectivity index (χ1v) is 8.17. The summed E-state index contributed by atoms with van der Waals surface area (Å²) in [6.45, 7) is 5.23. The van der Waals surface area contributed by atoms with Crippen LogP contribution in [-0.4, -0.2) is 62.2 Å². The molecule has 0 radical (unpaired) electrons. The maximum atomic E-state index is 11.8. The van der Waals surface area contributed by atoms with E-state index in [9.17, 15) is 9.59 Å². The molecule has 122 valence electrons. The molecule has 1 unspecified atom stereocenters. The van der Waals surface area contributed by atoms with E-state index in [1.807, 2.05) is 0 Å². The standard InChI is InChI=1S/C13H15BrN6O3/c14-8-5-20(13(22)16-12(8)21)7-10-15-11(17-23-10)9-6-18-1-3-19(9)4-2-18/h5,9H,1-4,6-7H2,(H,16,21,22). The van der Waals surface area contributed by atoms with Gasteiger partial charge in [-0.15, -0.1) is 0 Å². The van der Waals surface area contributed by atoms with E-state index in [0.29, 0.717) is 11.7 Å². The van der Waals surface area contributed by atoms with Gasteiger partial charge in [-0.05, 0) is 15.9 Å². The third kappa shape index (κ3) is 2.77. The fraction of sp³-hybridized carbons (Fsp3) is 0.538. The maximum absolute atomic E-state index is 11.8. The quantitative estimate of drug-likeness (QED) is 0.756. The van der Waals surface area contributed by atoms with Gasteiger partial charge in [-0.2, -0.15) is 4.98 Å². The SMILES string of the molecule is O=c1[nH]c(=O)n(Cc2nc(C3CN4CCN3CC4)no2)cc1Br. The second-order valence-electron chi connectivity index (χ2n) is 5.76. The molecule has 0 saturated carbocycles. The maximum Gasteiger partial charge on any atom is 0.328 e. The summed E-state index contributed by atoms with van der Waals surface area (Å²) in [5, 5.41) is 4.07. The number of nitrogens with zero attached hydrogens (tertiary/aromatic N) is 5. The lowest BCUT2D eigenvalue weighted by Gasteiger charge is -2.46. The van der Waals surface area contributed by atoms with E-state index >= 15 is 0 Å². The molecule has 3 saturated heterocycles. The molecule has 1 N–H and O–H groups in total. The van der Waals surface area contributed by atoms with Crippen molar-refractivity contribution in [3.05, 3.63) is 43.2 Å². The molecule has 9 nitrogen and oxygen atoms in total. The van der Waals surface area contributed by atoms with Crippen molar-refractivity contribution in [2.45, 2.75) is 12.6 Å². The minimum Gasteiger partial charge on any atom is -0.337 e. The zero-order chi connectivity index (χ0) is 16.0. The zero-order valence-electron chi connectivity index (χ0n) is 12.2. The van der Waals surface area contributed by atoms with E-state index in [0.717, 1.165) is 32.7 Å². The molecule has 1 atom stereocenters. The van der Waals surface area contributed by atoms with Crippen LogP contribution >= 0.6 is 15.9 Å². The van der Waals surface area contributed by atoms with Crippen LogP contribution in [0.15, 0.2) is 24.8 Å². The molecular weight excluding hydrogens is 368 g/mol. The topological polar surface area (TPSA) is 100 Å². The molecule has 10 heteroatoms. The summed E-state index contributed by atoms with van der Waals surface area (Å²) < 4.78 is 6.88. The van der Waals surface area contributed by atoms with Crippen LogP contribution in [0, 0.1) is 0 Å². The fourth-order valence-corrected chi connectivity index (χ4v) is 3.42. The molecule has 0 aromatic carbocycles. The normalized spacial score (nSPS) is 26.6. The molecule has 23 heavy (non-hydrogen) atoms. The predicted molar refractivity (Wildman–Crippen MR) is 83.2 cm³/mol. The van der Waals surface area contributed by atoms with Crippen molar-refractivity contribution in [2.75, 3.05) is 32.7 Å². The number of fused-ring (bicyclic) bond motifs is 3. The van der Waals surface area contributed by atoms with Crippen molar-refractivity contribution >= 4 is 15.9 Å². The molecule has 2 aromatic heterocycles. The average molecular weight is 383 g/mol. The van der Waals surface area contributed by atoms with Gasteiger partial charge in [-0.3, -0.25) is 24.1 Å². The van der Waals surface area contributed by atoms with Gasteiger partial charge in [0.1, 0.15) is 6.54 Å². The summed E-state index contributed by atoms with van der Waals surface area (Å²) in [5.41, 5.74) is -0.970. The monoisotopic (exact) mass is 382 g/mol. The summed E-state index contributed by atoms with van der Waals surface area (Å²) in [5.74, 6) is 1.000. The number of piperazine rings is 3. The second-order valence-corrected chi connectivity index (χ2v) is 6.62. The molecule has 2 bridgehead atoms. The van der Waals surface area contributed by atoms with Gasteiger partial charge in [0.15, 0.2) is 5.82 Å². The van der Waals surface area contributed by atoms with Crippen molar-refractivity contribution in [1.29, 1.82) is 0 Å². The summed E-state index contributed by atoms with van der Waals surface area (Å²) in [6.07, 6.45) is 1.42. The van der Waals surface area contributed by atoms with Crippen LogP contribution in [-0.2, 0) is 6.54 Å². The van der Waals surface area contributed by atoms with E-state index in [-0.39, 0.29) is 17.1 Å². The molecule has 0 spiro atoms. The van der Waals surface area contributed by atoms with Gasteiger partial charge < -0.3 is 4.52 Å². The second kappa shape index (κ2) is 5.69. The van der Waals surface area contributed by atoms with Gasteiger partial charge in [0, 0.05) is 38.9 Å². The fourth-order valence-electron chi connectivity index (χ4n) is 3.08. The van der Waals surface area contributed by atoms with Gasteiger partial charge in [-0.25, -0.2) is 4.79 Å². The van der Waals surface area contributed by atoms with Crippen LogP contribution in [0.3, 0.4) is 0 Å². The Morgan fingerprint density at radius 1 is 1.30 bits per heavy atom. The van der Waals surface area contributed by atoms with Gasteiger partial charge in [0.05, 0.1) is 10.5 Å². The number of aromatic nitrogens is 4. The van der Waals surface area contributed by atoms with Gasteiger partial charge in [0.25, 0.3) is 5.56 Å². The van der Waals surface area contributed by atoms with Crippen LogP contribution in [0.5, 0.6) is 0 Å². The van der Waals surface area contributed by atoms with E-state index in [2.05, 4.69) is 40.9 Å². The Balaban J connectivity index is 1.56. The lowest BCUT2D eigenvalue weighted by atomic mass is 10.1. The Kier molecular flexibility index (Phi) is 3.66. The Morgan fingerprint density at radius 2 is 2.09 bits per heavy atom. The number of rotatable bonds is 3. The molecule has 2 aromatic rings. The van der Waals surface area contributed by atoms with E-state index in [1.54, 1.807) is 0 Å². The van der Waals surface area contributed by atoms with E-state index in [4.69, 9.17) is 4.52 Å². The molecule has 5 heterocycles. The summed E-state index contributed by atoms with van der Waals surface area (Å²) in [4.78, 5) is 34.5. The van der Waals surface area contributed by atoms with Crippen molar-refractivity contribution in [1.82, 2.24) is 29.5 Å². The highest BCUT2D eigenvalue weighted by Gasteiger charge is 2.35. The third-order valence-corrected chi connectivity index (χ3v) is 4.90. The molecule has 0 aliphatic carbocycles. The first-order chi connectivity index (χ1) is 11.1. The number of halogens is 1. The first kappa shape index (κ1) is 14.8. The van der Waals surface area contributed by atoms with E-state index < -0.39 is 11.2 Å². The number of aromatic amines is 1. The Hall–Kier alpha value is -1.78. The number of nitrogens with one attached hydrogen (secondary N) is 1. The van der Waals surface area contributed by atoms with E-state index in [1.165, 1.54) is 10.8 Å². The van der Waals surface area contributed by atoms with Gasteiger partial charge in [-0.1, -0.05) is 5.16 Å². The third-order valence-electron chi connectivity index (χ3n) is 4.33. The highest BCUT2D eigenvalue weighted by Crippen LogP contribution is 2.26. The molecule has 5 rings (SSSR count). The molecule has 3 aliphatic rings. The van der Waals surface area contributed by atoms with Gasteiger partial charge in [0.2, 0.25) is 5.89 Å². The van der Waals surface area contributed by atoms with Crippen molar-refractivity contribution < 1.29 is 4.52 Å². The Morgan fingerprint density at radius 3 is 2.78 bits per heavy atom. The van der Waals surface area contributed by atoms with Crippen LogP contribution in [0.1, 0.15) is 17.8 Å². The minimum absolute atomic E-state index is 0.123. The molecule has 3 fully saturated rings. The predicted octanol–water partition coefficient (Wildman–Crippen LogP) is -0.597. The Bertz CT molecular complexity index is 835. The van der Waals surface area contributed by atoms with Crippen LogP contribution in [0.2, 0.25) is 0 Å². The molecule has 3 aliphatic heterocycles. The van der Waals surface area contributed by atoms with Crippen molar-refractivity contribution in [2.24, 2.45) is 0 Å². The van der Waals surface area contributed by atoms with Crippen LogP contribution in [0.4, 0.5) is 0 Å². The first-order valence-electron chi connectivity index (χ1n) is 7.38. The molecular formula is C13H15BrN6O3. The van der Waals surface area contributed by atoms with Crippen molar-refractivity contribution in [3.8, 4) is 0 Å². The highest BCUT2D eigenvalue weighted by atomic mass is 79.9. The van der Waals surface area contributed by atoms with Crippen molar-refractivity contribution in [3.63, 3.8) is 0 Å². The highest BCUT2D eigenvalue weighted by molar-refractivity contribution is 9.10. The smallest absolute Gasteiger partial charge is 0.328 e. The summed E-state index contributed by atoms with van der Waals surface area (Å²) in [6, 6.07) is 0.147. The number of hydrogen-bond donors (Lipinski definition) is 1. The van der Waals surface area contributed by atoms with Crippen LogP contribution in [0.25, 0.3) is 0 Å². The van der Waals surface area contributed by atoms with Crippen LogP contribution < -0.4 is 11.2 Å².